The number of anilines is 2. The average molecular weight is 371 g/mol. The number of hydrogen-bond acceptors (Lipinski definition) is 4. The van der Waals surface area contributed by atoms with E-state index in [1.165, 1.54) is 18.7 Å². The molecule has 0 radical (unpaired) electrons. The highest BCUT2D eigenvalue weighted by atomic mass is 35.5. The first-order valence-corrected chi connectivity index (χ1v) is 7.82. The number of hydrogen-bond donors (Lipinski definition) is 1. The molecule has 1 aliphatic heterocycles. The zero-order valence-electron chi connectivity index (χ0n) is 13.9. The molecule has 25 heavy (non-hydrogen) atoms. The molecular formula is C18H21ClF2N2O2. The van der Waals surface area contributed by atoms with E-state index in [1.54, 1.807) is 12.1 Å². The van der Waals surface area contributed by atoms with Crippen LogP contribution in [0.1, 0.15) is 17.5 Å². The molecule has 0 spiro atoms. The zero-order chi connectivity index (χ0) is 17.1. The first-order chi connectivity index (χ1) is 11.6. The highest BCUT2D eigenvalue weighted by molar-refractivity contribution is 5.85. The van der Waals surface area contributed by atoms with Crippen molar-refractivity contribution in [2.75, 3.05) is 24.3 Å². The van der Waals surface area contributed by atoms with E-state index in [9.17, 15) is 8.78 Å². The number of alkyl halides is 2. The summed E-state index contributed by atoms with van der Waals surface area (Å²) in [4.78, 5) is 2.25. The van der Waals surface area contributed by atoms with E-state index in [4.69, 9.17) is 10.5 Å². The fourth-order valence-corrected chi connectivity index (χ4v) is 3.12. The lowest BCUT2D eigenvalue weighted by Gasteiger charge is -2.32. The van der Waals surface area contributed by atoms with Crippen LogP contribution in [0, 0.1) is 0 Å². The van der Waals surface area contributed by atoms with Gasteiger partial charge in [-0.05, 0) is 48.2 Å². The van der Waals surface area contributed by atoms with E-state index in [1.807, 2.05) is 12.1 Å². The van der Waals surface area contributed by atoms with Gasteiger partial charge in [0.15, 0.2) is 11.5 Å². The molecule has 0 unspecified atom stereocenters. The van der Waals surface area contributed by atoms with Gasteiger partial charge < -0.3 is 20.1 Å². The van der Waals surface area contributed by atoms with Crippen molar-refractivity contribution in [1.82, 2.24) is 0 Å². The molecule has 0 saturated heterocycles. The van der Waals surface area contributed by atoms with Crippen LogP contribution in [0.4, 0.5) is 20.2 Å². The predicted octanol–water partition coefficient (Wildman–Crippen LogP) is 4.25. The van der Waals surface area contributed by atoms with Crippen molar-refractivity contribution in [2.24, 2.45) is 0 Å². The summed E-state index contributed by atoms with van der Waals surface area (Å²) in [5.41, 5.74) is 10.2. The Labute approximate surface area is 151 Å². The summed E-state index contributed by atoms with van der Waals surface area (Å²) in [5.74, 6) is 0.345. The fraction of sp³-hybridized carbons (Fsp3) is 0.333. The standard InChI is InChI=1S/C18H20F2N2O2.ClH/c1-23-17-10-12(7-8-16(17)24-18(19)20)11-22-9-3-4-13-14(21)5-2-6-15(13)22;/h2,5-8,10,18H,3-4,9,11,21H2,1H3;1H. The Hall–Kier alpha value is -2.21. The molecule has 2 N–H and O–H groups in total. The molecule has 0 fully saturated rings. The number of nitrogens with two attached hydrogens (primary N) is 1. The van der Waals surface area contributed by atoms with Crippen LogP contribution in [0.5, 0.6) is 11.5 Å². The van der Waals surface area contributed by atoms with Crippen molar-refractivity contribution in [3.05, 3.63) is 47.5 Å². The van der Waals surface area contributed by atoms with Gasteiger partial charge >= 0.3 is 6.61 Å². The summed E-state index contributed by atoms with van der Waals surface area (Å²) >= 11 is 0. The molecule has 1 heterocycles. The third-order valence-electron chi connectivity index (χ3n) is 4.20. The second-order valence-electron chi connectivity index (χ2n) is 5.73. The van der Waals surface area contributed by atoms with E-state index in [0.717, 1.165) is 36.3 Å². The second kappa shape index (κ2) is 8.25. The smallest absolute Gasteiger partial charge is 0.387 e. The minimum absolute atomic E-state index is 0. The Morgan fingerprint density at radius 3 is 2.72 bits per heavy atom. The fourth-order valence-electron chi connectivity index (χ4n) is 3.12. The van der Waals surface area contributed by atoms with Gasteiger partial charge in [0.1, 0.15) is 0 Å². The van der Waals surface area contributed by atoms with Gasteiger partial charge in [0.25, 0.3) is 0 Å². The molecule has 0 bridgehead atoms. The largest absolute Gasteiger partial charge is 0.493 e. The molecule has 2 aromatic carbocycles. The SMILES string of the molecule is COc1cc(CN2CCCc3c(N)cccc32)ccc1OC(F)F.Cl. The summed E-state index contributed by atoms with van der Waals surface area (Å²) in [6.07, 6.45) is 2.01. The van der Waals surface area contributed by atoms with Crippen molar-refractivity contribution < 1.29 is 18.3 Å². The number of ether oxygens (including phenoxy) is 2. The predicted molar refractivity (Wildman–Crippen MR) is 97.1 cm³/mol. The average Bonchev–Trinajstić information content (AvgIpc) is 2.57. The van der Waals surface area contributed by atoms with Crippen molar-refractivity contribution in [2.45, 2.75) is 26.0 Å². The summed E-state index contributed by atoms with van der Waals surface area (Å²) in [6.45, 7) is -1.29. The van der Waals surface area contributed by atoms with Crippen molar-refractivity contribution in [1.29, 1.82) is 0 Å². The van der Waals surface area contributed by atoms with Crippen LogP contribution < -0.4 is 20.1 Å². The zero-order valence-corrected chi connectivity index (χ0v) is 14.7. The van der Waals surface area contributed by atoms with Crippen molar-refractivity contribution >= 4 is 23.8 Å². The van der Waals surface area contributed by atoms with Crippen molar-refractivity contribution in [3.8, 4) is 11.5 Å². The van der Waals surface area contributed by atoms with Crippen LogP contribution >= 0.6 is 12.4 Å². The molecule has 0 saturated carbocycles. The van der Waals surface area contributed by atoms with Crippen LogP contribution in [-0.2, 0) is 13.0 Å². The normalized spacial score (nSPS) is 13.2. The maximum Gasteiger partial charge on any atom is 0.387 e. The first-order valence-electron chi connectivity index (χ1n) is 7.82. The highest BCUT2D eigenvalue weighted by Gasteiger charge is 2.19. The topological polar surface area (TPSA) is 47.7 Å². The lowest BCUT2D eigenvalue weighted by Crippen LogP contribution is -2.29. The van der Waals surface area contributed by atoms with E-state index < -0.39 is 6.61 Å². The Balaban J connectivity index is 0.00000225. The highest BCUT2D eigenvalue weighted by Crippen LogP contribution is 2.34. The molecule has 7 heteroatoms. The van der Waals surface area contributed by atoms with Crippen LogP contribution in [0.3, 0.4) is 0 Å². The lowest BCUT2D eigenvalue weighted by atomic mass is 9.99. The quantitative estimate of drug-likeness (QED) is 0.799. The molecule has 4 nitrogen and oxygen atoms in total. The molecule has 1 aliphatic rings. The van der Waals surface area contributed by atoms with Crippen LogP contribution in [-0.4, -0.2) is 20.3 Å². The molecule has 3 rings (SSSR count). The monoisotopic (exact) mass is 370 g/mol. The molecular weight excluding hydrogens is 350 g/mol. The second-order valence-corrected chi connectivity index (χ2v) is 5.73. The molecule has 0 atom stereocenters. The number of nitrogens with zero attached hydrogens (tertiary/aromatic N) is 1. The third kappa shape index (κ3) is 4.25. The van der Waals surface area contributed by atoms with Crippen LogP contribution in [0.2, 0.25) is 0 Å². The molecule has 0 aromatic heterocycles. The number of methoxy groups -OCH3 is 1. The lowest BCUT2D eigenvalue weighted by molar-refractivity contribution is -0.0512. The van der Waals surface area contributed by atoms with E-state index >= 15 is 0 Å². The maximum absolute atomic E-state index is 12.4. The minimum Gasteiger partial charge on any atom is -0.493 e. The van der Waals surface area contributed by atoms with Crippen LogP contribution in [0.15, 0.2) is 36.4 Å². The van der Waals surface area contributed by atoms with Gasteiger partial charge in [-0.1, -0.05) is 12.1 Å². The van der Waals surface area contributed by atoms with Gasteiger partial charge in [-0.15, -0.1) is 12.4 Å². The van der Waals surface area contributed by atoms with Crippen molar-refractivity contribution in [3.63, 3.8) is 0 Å². The number of nitrogen functional groups attached to an aromatic ring is 1. The molecule has 0 amide bonds. The number of rotatable bonds is 5. The van der Waals surface area contributed by atoms with E-state index in [2.05, 4.69) is 15.7 Å². The van der Waals surface area contributed by atoms with Crippen LogP contribution in [0.25, 0.3) is 0 Å². The Morgan fingerprint density at radius 1 is 1.20 bits per heavy atom. The molecule has 0 aliphatic carbocycles. The number of benzene rings is 2. The van der Waals surface area contributed by atoms with Gasteiger partial charge in [-0.3, -0.25) is 0 Å². The Morgan fingerprint density at radius 2 is 2.00 bits per heavy atom. The van der Waals surface area contributed by atoms with Gasteiger partial charge in [-0.25, -0.2) is 0 Å². The van der Waals surface area contributed by atoms with E-state index in [0.29, 0.717) is 12.3 Å². The van der Waals surface area contributed by atoms with Gasteiger partial charge in [0.05, 0.1) is 7.11 Å². The third-order valence-corrected chi connectivity index (χ3v) is 4.20. The minimum atomic E-state index is -2.87. The Kier molecular flexibility index (Phi) is 6.31. The number of fused-ring (bicyclic) bond motifs is 1. The Bertz CT molecular complexity index is 728. The van der Waals surface area contributed by atoms with Gasteiger partial charge in [0.2, 0.25) is 0 Å². The van der Waals surface area contributed by atoms with Gasteiger partial charge in [0, 0.05) is 24.5 Å². The summed E-state index contributed by atoms with van der Waals surface area (Å²) in [6, 6.07) is 11.0. The summed E-state index contributed by atoms with van der Waals surface area (Å²) in [7, 11) is 1.44. The molecule has 2 aromatic rings. The first kappa shape index (κ1) is 19.1. The molecule has 136 valence electrons. The maximum atomic E-state index is 12.4. The number of halogens is 3. The summed E-state index contributed by atoms with van der Waals surface area (Å²) in [5, 5.41) is 0. The van der Waals surface area contributed by atoms with E-state index in [-0.39, 0.29) is 18.2 Å². The van der Waals surface area contributed by atoms with Gasteiger partial charge in [-0.2, -0.15) is 8.78 Å². The summed E-state index contributed by atoms with van der Waals surface area (Å²) < 4.78 is 34.5.